The maximum Gasteiger partial charge on any atom is 0.354 e. The summed E-state index contributed by atoms with van der Waals surface area (Å²) in [7, 11) is 25.9. The lowest BCUT2D eigenvalue weighted by Gasteiger charge is -2.21. The number of morpholine rings is 1. The molecule has 7 aromatic heterocycles. The van der Waals surface area contributed by atoms with Gasteiger partial charge in [-0.3, -0.25) is 43.3 Å². The van der Waals surface area contributed by atoms with E-state index in [9.17, 15) is 28.8 Å². The van der Waals surface area contributed by atoms with Gasteiger partial charge in [0.05, 0.1) is 43.1 Å². The molecular formula is C72H107N19O10. The molecule has 2 atom stereocenters. The first-order valence-corrected chi connectivity index (χ1v) is 32.7. The van der Waals surface area contributed by atoms with Crippen molar-refractivity contribution in [3.8, 4) is 22.8 Å². The van der Waals surface area contributed by atoms with E-state index in [0.29, 0.717) is 18.1 Å². The van der Waals surface area contributed by atoms with E-state index in [4.69, 9.17) is 14.2 Å². The van der Waals surface area contributed by atoms with Gasteiger partial charge in [0.25, 0.3) is 17.7 Å². The lowest BCUT2D eigenvalue weighted by molar-refractivity contribution is -0.140. The Hall–Kier alpha value is -10.4. The number of aryl methyl sites for hydroxylation is 14. The van der Waals surface area contributed by atoms with E-state index in [1.165, 1.54) is 56.6 Å². The SMILES string of the molecule is CCCCOC1C(=O)N(C)C(=O)N1C.CN1CCOCC1.CNC(=O)c1nccn1C.COC(=O)c1cccn1C.COC1C(=O)N(C)C(=O)N1C.Cc1cc(C)n(C)n1.Cc1cc(C)n(C)n1.Cc1cn(C)c(-c2ccccc2)n1.Cc1cn(C)c(-c2ccccc2)n1.Cc1nccn1C. The summed E-state index contributed by atoms with van der Waals surface area (Å²) >= 11 is 0. The summed E-state index contributed by atoms with van der Waals surface area (Å²) in [6.07, 6.45) is 13.3. The molecule has 3 aliphatic heterocycles. The number of ether oxygens (including phenoxy) is 4. The van der Waals surface area contributed by atoms with E-state index >= 15 is 0 Å². The number of urea groups is 2. The van der Waals surface area contributed by atoms with Crippen molar-refractivity contribution in [2.45, 2.75) is 80.7 Å². The van der Waals surface area contributed by atoms with Crippen LogP contribution in [-0.2, 0) is 77.9 Å². The van der Waals surface area contributed by atoms with Crippen molar-refractivity contribution in [3.05, 3.63) is 180 Å². The molecular weight excluding hydrogens is 1290 g/mol. The molecule has 550 valence electrons. The lowest BCUT2D eigenvalue weighted by atomic mass is 10.2. The molecule has 9 aromatic rings. The third-order valence-electron chi connectivity index (χ3n) is 15.4. The van der Waals surface area contributed by atoms with Crippen LogP contribution in [0.25, 0.3) is 22.8 Å². The lowest BCUT2D eigenvalue weighted by Crippen LogP contribution is -2.34. The standard InChI is InChI=1S/2C11H12N2.C9H16N2O3.C7H9NO2.C6H9N3O.C6H10N2O3.2C6H10N2.C5H8N2.C5H11NO/c2*1-9-8-13(2)11(12-9)10-6-4-3-5-7-10;1-4-5-6-14-8-7(12)10(2)9(13)11(8)3;1-8-5-3-4-6(8)7(9)10-2;1-7-6(10)5-8-3-4-9(5)2;1-7-4(9)5(11-3)8(2)6(7)10;2*1-5-4-6(2)8(3)7-5;1-5-6-3-4-7(5)2;1-6-2-4-7-5-3-6/h2*3-8H,1-2H3;8H,4-6H2,1-3H3;3-5H,1-2H3;3-4H,1-2H3,(H,7,10);5H,1-3H3;2*4H,1-3H3;3-4H,1-2H3;2-5H2,1H3. The number of benzene rings is 2. The van der Waals surface area contributed by atoms with Gasteiger partial charge in [-0.2, -0.15) is 10.2 Å². The third kappa shape index (κ3) is 27.4. The smallest absolute Gasteiger partial charge is 0.354 e. The Bertz CT molecular complexity index is 3720. The van der Waals surface area contributed by atoms with Gasteiger partial charge in [-0.05, 0) is 86.2 Å². The second kappa shape index (κ2) is 43.2. The van der Waals surface area contributed by atoms with Crippen molar-refractivity contribution in [1.82, 2.24) is 92.1 Å². The highest BCUT2D eigenvalue weighted by molar-refractivity contribution is 6.03. The molecule has 29 heteroatoms. The predicted molar refractivity (Wildman–Crippen MR) is 389 cm³/mol. The van der Waals surface area contributed by atoms with Gasteiger partial charge >= 0.3 is 18.0 Å². The van der Waals surface area contributed by atoms with Gasteiger partial charge in [0.2, 0.25) is 12.5 Å². The largest absolute Gasteiger partial charge is 0.464 e. The van der Waals surface area contributed by atoms with Crippen molar-refractivity contribution < 1.29 is 47.7 Å². The number of imide groups is 2. The van der Waals surface area contributed by atoms with Gasteiger partial charge in [0.1, 0.15) is 23.2 Å². The minimum atomic E-state index is -0.743. The Morgan fingerprint density at radius 1 is 0.554 bits per heavy atom. The highest BCUT2D eigenvalue weighted by Gasteiger charge is 2.42. The van der Waals surface area contributed by atoms with Crippen molar-refractivity contribution in [1.29, 1.82) is 0 Å². The number of unbranched alkanes of at least 4 members (excludes halogenated alkanes) is 1. The Kier molecular flexibility index (Phi) is 36.3. The number of rotatable bonds is 9. The summed E-state index contributed by atoms with van der Waals surface area (Å²) in [4.78, 5) is 90.3. The molecule has 3 fully saturated rings. The molecule has 0 radical (unpaired) electrons. The highest BCUT2D eigenvalue weighted by Crippen LogP contribution is 2.19. The number of carbonyl (C=O) groups is 6. The fraction of sp³-hybridized carbons (Fsp3) is 0.444. The number of carbonyl (C=O) groups excluding carboxylic acids is 6. The van der Waals surface area contributed by atoms with E-state index in [0.717, 1.165) is 100 Å². The zero-order valence-corrected chi connectivity index (χ0v) is 63.4. The topological polar surface area (TPSA) is 279 Å². The Balaban J connectivity index is 0.000000294. The second-order valence-electron chi connectivity index (χ2n) is 23.7. The van der Waals surface area contributed by atoms with Crippen molar-refractivity contribution in [2.75, 3.05) is 89.4 Å². The number of nitrogens with one attached hydrogen (secondary N) is 1. The minimum Gasteiger partial charge on any atom is -0.464 e. The summed E-state index contributed by atoms with van der Waals surface area (Å²) in [6.45, 7) is 20.6. The quantitative estimate of drug-likeness (QED) is 0.0808. The Labute approximate surface area is 595 Å². The molecule has 0 bridgehead atoms. The van der Waals surface area contributed by atoms with Crippen molar-refractivity contribution >= 4 is 35.8 Å². The average Bonchev–Trinajstić information content (AvgIpc) is 1.69. The molecule has 3 aliphatic rings. The molecule has 2 aromatic carbocycles. The number of likely N-dealkylation sites (N-methyl/N-ethyl adjacent to an activating group) is 5. The minimum absolute atomic E-state index is 0.160. The van der Waals surface area contributed by atoms with Crippen LogP contribution in [0.2, 0.25) is 0 Å². The number of amides is 7. The maximum atomic E-state index is 11.5. The zero-order chi connectivity index (χ0) is 75.6. The van der Waals surface area contributed by atoms with Gasteiger partial charge in [-0.15, -0.1) is 0 Å². The first-order chi connectivity index (χ1) is 47.8. The number of methoxy groups -OCH3 is 2. The first-order valence-electron chi connectivity index (χ1n) is 32.7. The number of imidazole rings is 4. The van der Waals surface area contributed by atoms with Gasteiger partial charge in [0.15, 0.2) is 5.82 Å². The van der Waals surface area contributed by atoms with Crippen LogP contribution in [0.3, 0.4) is 0 Å². The van der Waals surface area contributed by atoms with Gasteiger partial charge in [0, 0.05) is 177 Å². The fourth-order valence-electron chi connectivity index (χ4n) is 9.30. The summed E-state index contributed by atoms with van der Waals surface area (Å²) in [5.74, 6) is 2.48. The molecule has 1 N–H and O–H groups in total. The van der Waals surface area contributed by atoms with Crippen LogP contribution in [0.1, 0.15) is 80.9 Å². The second-order valence-corrected chi connectivity index (χ2v) is 23.7. The van der Waals surface area contributed by atoms with Gasteiger partial charge < -0.3 is 52.0 Å². The molecule has 0 aliphatic carbocycles. The van der Waals surface area contributed by atoms with Crippen molar-refractivity contribution in [2.24, 2.45) is 49.3 Å². The average molecular weight is 1400 g/mol. The van der Waals surface area contributed by atoms with Crippen LogP contribution < -0.4 is 5.32 Å². The Morgan fingerprint density at radius 2 is 1.01 bits per heavy atom. The van der Waals surface area contributed by atoms with Crippen LogP contribution in [0.15, 0.2) is 128 Å². The number of hydrogen-bond acceptors (Lipinski definition) is 17. The normalized spacial score (nSPS) is 14.3. The van der Waals surface area contributed by atoms with Crippen LogP contribution >= 0.6 is 0 Å². The monoisotopic (exact) mass is 1400 g/mol. The molecule has 2 unspecified atom stereocenters. The van der Waals surface area contributed by atoms with Crippen LogP contribution in [-0.4, -0.2) is 224 Å². The van der Waals surface area contributed by atoms with Gasteiger partial charge in [-0.1, -0.05) is 74.0 Å². The van der Waals surface area contributed by atoms with Crippen LogP contribution in [0.5, 0.6) is 0 Å². The van der Waals surface area contributed by atoms with Crippen LogP contribution in [0.4, 0.5) is 9.59 Å². The highest BCUT2D eigenvalue weighted by atomic mass is 16.5. The van der Waals surface area contributed by atoms with E-state index in [2.05, 4.69) is 88.5 Å². The maximum absolute atomic E-state index is 11.5. The number of hydrogen-bond donors (Lipinski definition) is 1. The number of aromatic nitrogens is 13. The third-order valence-corrected chi connectivity index (χ3v) is 15.4. The van der Waals surface area contributed by atoms with Crippen LogP contribution in [0, 0.1) is 48.5 Å². The van der Waals surface area contributed by atoms with Crippen molar-refractivity contribution in [3.63, 3.8) is 0 Å². The molecule has 10 heterocycles. The fourth-order valence-corrected chi connectivity index (χ4v) is 9.30. The zero-order valence-electron chi connectivity index (χ0n) is 63.4. The van der Waals surface area contributed by atoms with E-state index in [-0.39, 0.29) is 35.8 Å². The summed E-state index contributed by atoms with van der Waals surface area (Å²) in [5.41, 5.74) is 9.61. The molecule has 12 rings (SSSR count). The van der Waals surface area contributed by atoms with E-state index < -0.39 is 12.5 Å². The molecule has 101 heavy (non-hydrogen) atoms. The Morgan fingerprint density at radius 3 is 1.27 bits per heavy atom. The summed E-state index contributed by atoms with van der Waals surface area (Å²) < 4.78 is 32.9. The number of esters is 1. The molecule has 3 saturated heterocycles. The molecule has 0 spiro atoms. The molecule has 7 amide bonds. The van der Waals surface area contributed by atoms with Gasteiger partial charge in [-0.25, -0.2) is 34.3 Å². The molecule has 0 saturated carbocycles. The molecule has 29 nitrogen and oxygen atoms in total. The van der Waals surface area contributed by atoms with E-state index in [1.807, 2.05) is 169 Å². The first kappa shape index (κ1) is 84.9. The number of nitrogens with zero attached hydrogens (tertiary/aromatic N) is 18. The summed E-state index contributed by atoms with van der Waals surface area (Å²) in [6, 6.07) is 27.4. The summed E-state index contributed by atoms with van der Waals surface area (Å²) in [5, 5.41) is 10.7. The predicted octanol–water partition coefficient (Wildman–Crippen LogP) is 8.27. The van der Waals surface area contributed by atoms with E-state index in [1.54, 1.807) is 74.2 Å².